The van der Waals surface area contributed by atoms with Crippen molar-refractivity contribution in [1.82, 2.24) is 9.97 Å². The van der Waals surface area contributed by atoms with Gasteiger partial charge in [0.05, 0.1) is 6.20 Å². The van der Waals surface area contributed by atoms with E-state index >= 15 is 0 Å². The van der Waals surface area contributed by atoms with Crippen molar-refractivity contribution in [2.45, 2.75) is 52.6 Å². The molecule has 0 fully saturated rings. The van der Waals surface area contributed by atoms with Crippen LogP contribution in [0.4, 0.5) is 17.2 Å². The Morgan fingerprint density at radius 2 is 1.73 bits per heavy atom. The standard InChI is InChI=1S/C26H30N4/c1-5-26(6-2)16-15-19-12-8-10-14-21(19)30-24-22(29(4)25(26)30)17-27-23(28-24)20-13-9-7-11-18(20)3/h7-14,17,25H,5-6,15-16H2,1-4H3. The Hall–Kier alpha value is -2.88. The van der Waals surface area contributed by atoms with Crippen molar-refractivity contribution in [2.24, 2.45) is 5.41 Å². The highest BCUT2D eigenvalue weighted by Crippen LogP contribution is 2.54. The van der Waals surface area contributed by atoms with Gasteiger partial charge in [-0.2, -0.15) is 0 Å². The molecule has 4 nitrogen and oxygen atoms in total. The first kappa shape index (κ1) is 19.1. The Balaban J connectivity index is 1.74. The van der Waals surface area contributed by atoms with Crippen LogP contribution in [0.15, 0.2) is 54.7 Å². The number of benzene rings is 2. The zero-order chi connectivity index (χ0) is 20.9. The van der Waals surface area contributed by atoms with E-state index < -0.39 is 0 Å². The summed E-state index contributed by atoms with van der Waals surface area (Å²) in [6.07, 6.45) is 6.88. The Bertz CT molecular complexity index is 1090. The van der Waals surface area contributed by atoms with Crippen molar-refractivity contribution in [1.29, 1.82) is 0 Å². The molecule has 0 saturated carbocycles. The summed E-state index contributed by atoms with van der Waals surface area (Å²) < 4.78 is 0. The molecule has 2 aliphatic heterocycles. The van der Waals surface area contributed by atoms with Gasteiger partial charge in [0.15, 0.2) is 11.6 Å². The van der Waals surface area contributed by atoms with Crippen LogP contribution in [0.5, 0.6) is 0 Å². The molecule has 1 unspecified atom stereocenters. The topological polar surface area (TPSA) is 32.3 Å². The van der Waals surface area contributed by atoms with Crippen LogP contribution in [0.1, 0.15) is 44.2 Å². The molecule has 0 saturated heterocycles. The number of aromatic nitrogens is 2. The predicted octanol–water partition coefficient (Wildman–Crippen LogP) is 6.12. The first-order valence-corrected chi connectivity index (χ1v) is 11.1. The van der Waals surface area contributed by atoms with E-state index in [1.54, 1.807) is 0 Å². The van der Waals surface area contributed by atoms with Crippen LogP contribution in [-0.4, -0.2) is 23.2 Å². The average molecular weight is 399 g/mol. The molecule has 5 rings (SSSR count). The first-order valence-electron chi connectivity index (χ1n) is 11.1. The molecule has 0 bridgehead atoms. The lowest BCUT2D eigenvalue weighted by Crippen LogP contribution is -2.51. The molecule has 1 atom stereocenters. The zero-order valence-electron chi connectivity index (χ0n) is 18.4. The molecule has 4 heteroatoms. The summed E-state index contributed by atoms with van der Waals surface area (Å²) in [6, 6.07) is 17.2. The van der Waals surface area contributed by atoms with Crippen LogP contribution in [-0.2, 0) is 6.42 Å². The lowest BCUT2D eigenvalue weighted by atomic mass is 9.75. The smallest absolute Gasteiger partial charge is 0.162 e. The molecule has 154 valence electrons. The van der Waals surface area contributed by atoms with Crippen LogP contribution < -0.4 is 9.80 Å². The van der Waals surface area contributed by atoms with Crippen molar-refractivity contribution in [2.75, 3.05) is 16.8 Å². The molecule has 3 heterocycles. The van der Waals surface area contributed by atoms with Crippen LogP contribution in [0.3, 0.4) is 0 Å². The van der Waals surface area contributed by atoms with Gasteiger partial charge in [0, 0.05) is 23.7 Å². The van der Waals surface area contributed by atoms with Gasteiger partial charge >= 0.3 is 0 Å². The van der Waals surface area contributed by atoms with Crippen LogP contribution in [0.25, 0.3) is 11.4 Å². The second-order valence-corrected chi connectivity index (χ2v) is 8.77. The van der Waals surface area contributed by atoms with Gasteiger partial charge in [-0.25, -0.2) is 9.97 Å². The molecular weight excluding hydrogens is 368 g/mol. The van der Waals surface area contributed by atoms with Gasteiger partial charge in [-0.1, -0.05) is 56.3 Å². The molecule has 30 heavy (non-hydrogen) atoms. The van der Waals surface area contributed by atoms with E-state index in [1.165, 1.54) is 23.2 Å². The lowest BCUT2D eigenvalue weighted by Gasteiger charge is -2.44. The highest BCUT2D eigenvalue weighted by Gasteiger charge is 2.50. The zero-order valence-corrected chi connectivity index (χ0v) is 18.4. The fourth-order valence-corrected chi connectivity index (χ4v) is 5.54. The minimum atomic E-state index is 0.206. The minimum absolute atomic E-state index is 0.206. The largest absolute Gasteiger partial charge is 0.349 e. The summed E-state index contributed by atoms with van der Waals surface area (Å²) in [5.74, 6) is 1.85. The lowest BCUT2D eigenvalue weighted by molar-refractivity contribution is 0.191. The quantitative estimate of drug-likeness (QED) is 0.532. The van der Waals surface area contributed by atoms with E-state index in [0.29, 0.717) is 0 Å². The molecule has 0 radical (unpaired) electrons. The maximum atomic E-state index is 5.17. The second-order valence-electron chi connectivity index (χ2n) is 8.77. The number of nitrogens with zero attached hydrogens (tertiary/aromatic N) is 4. The van der Waals surface area contributed by atoms with Gasteiger partial charge in [0.1, 0.15) is 11.9 Å². The maximum Gasteiger partial charge on any atom is 0.162 e. The van der Waals surface area contributed by atoms with Crippen molar-refractivity contribution in [3.05, 3.63) is 65.9 Å². The van der Waals surface area contributed by atoms with E-state index in [-0.39, 0.29) is 11.6 Å². The normalized spacial score (nSPS) is 19.1. The van der Waals surface area contributed by atoms with Crippen LogP contribution in [0, 0.1) is 12.3 Å². The molecule has 0 aliphatic carbocycles. The average Bonchev–Trinajstić information content (AvgIpc) is 2.98. The Morgan fingerprint density at radius 3 is 2.50 bits per heavy atom. The third-order valence-electron chi connectivity index (χ3n) is 7.45. The first-order chi connectivity index (χ1) is 14.6. The fourth-order valence-electron chi connectivity index (χ4n) is 5.54. The minimum Gasteiger partial charge on any atom is -0.349 e. The molecular formula is C26H30N4. The Kier molecular flexibility index (Phi) is 4.53. The van der Waals surface area contributed by atoms with Gasteiger partial charge in [-0.3, -0.25) is 0 Å². The summed E-state index contributed by atoms with van der Waals surface area (Å²) in [5.41, 5.74) is 6.35. The third-order valence-corrected chi connectivity index (χ3v) is 7.45. The summed E-state index contributed by atoms with van der Waals surface area (Å²) in [5, 5.41) is 0. The van der Waals surface area contributed by atoms with Gasteiger partial charge in [-0.05, 0) is 49.8 Å². The summed E-state index contributed by atoms with van der Waals surface area (Å²) >= 11 is 0. The number of aryl methyl sites for hydroxylation is 2. The number of rotatable bonds is 3. The van der Waals surface area contributed by atoms with E-state index in [1.807, 2.05) is 6.20 Å². The molecule has 0 amide bonds. The number of para-hydroxylation sites is 1. The van der Waals surface area contributed by atoms with Crippen molar-refractivity contribution < 1.29 is 0 Å². The maximum absolute atomic E-state index is 5.17. The van der Waals surface area contributed by atoms with Crippen molar-refractivity contribution in [3.63, 3.8) is 0 Å². The monoisotopic (exact) mass is 398 g/mol. The molecule has 3 aromatic rings. The molecule has 2 aromatic carbocycles. The number of fused-ring (bicyclic) bond motifs is 5. The molecule has 0 N–H and O–H groups in total. The van der Waals surface area contributed by atoms with Crippen LogP contribution in [0.2, 0.25) is 0 Å². The Morgan fingerprint density at radius 1 is 1.00 bits per heavy atom. The van der Waals surface area contributed by atoms with Gasteiger partial charge < -0.3 is 9.80 Å². The highest BCUT2D eigenvalue weighted by molar-refractivity contribution is 5.83. The van der Waals surface area contributed by atoms with Crippen molar-refractivity contribution in [3.8, 4) is 11.4 Å². The molecule has 2 aliphatic rings. The summed E-state index contributed by atoms with van der Waals surface area (Å²) in [4.78, 5) is 14.9. The summed E-state index contributed by atoms with van der Waals surface area (Å²) in [6.45, 7) is 6.82. The number of hydrogen-bond acceptors (Lipinski definition) is 4. The molecule has 1 aromatic heterocycles. The fraction of sp³-hybridized carbons (Fsp3) is 0.385. The van der Waals surface area contributed by atoms with Gasteiger partial charge in [0.2, 0.25) is 0 Å². The predicted molar refractivity (Wildman–Crippen MR) is 124 cm³/mol. The molecule has 0 spiro atoms. The second kappa shape index (κ2) is 7.12. The Labute approximate surface area is 179 Å². The number of anilines is 3. The number of hydrogen-bond donors (Lipinski definition) is 0. The summed E-state index contributed by atoms with van der Waals surface area (Å²) in [7, 11) is 2.22. The van der Waals surface area contributed by atoms with Crippen LogP contribution >= 0.6 is 0 Å². The van der Waals surface area contributed by atoms with E-state index in [4.69, 9.17) is 9.97 Å². The van der Waals surface area contributed by atoms with Gasteiger partial charge in [-0.15, -0.1) is 0 Å². The van der Waals surface area contributed by atoms with Gasteiger partial charge in [0.25, 0.3) is 0 Å². The highest BCUT2D eigenvalue weighted by atomic mass is 15.5. The SMILES string of the molecule is CCC1(CC)CCc2ccccc2N2c3nc(-c4ccccc4C)ncc3N(C)C21. The third kappa shape index (κ3) is 2.66. The van der Waals surface area contributed by atoms with E-state index in [9.17, 15) is 0 Å². The van der Waals surface area contributed by atoms with Crippen molar-refractivity contribution >= 4 is 17.2 Å². The van der Waals surface area contributed by atoms with E-state index in [2.05, 4.69) is 86.1 Å². The van der Waals surface area contributed by atoms with E-state index in [0.717, 1.165) is 42.2 Å².